The lowest BCUT2D eigenvalue weighted by molar-refractivity contribution is -0.896. The van der Waals surface area contributed by atoms with Gasteiger partial charge >= 0.3 is 6.03 Å². The van der Waals surface area contributed by atoms with Gasteiger partial charge in [-0.05, 0) is 38.1 Å². The monoisotopic (exact) mass is 412 g/mol. The number of benzene rings is 2. The normalized spacial score (nSPS) is 9.89. The Balaban J connectivity index is 0.00000338. The molecule has 0 aromatic heterocycles. The number of nitrogens with two attached hydrogens (primary N) is 1. The molecule has 27 heavy (non-hydrogen) atoms. The van der Waals surface area contributed by atoms with E-state index < -0.39 is 0 Å². The van der Waals surface area contributed by atoms with E-state index in [2.05, 4.69) is 41.9 Å². The maximum Gasteiger partial charge on any atom is 0.319 e. The second kappa shape index (κ2) is 14.3. The van der Waals surface area contributed by atoms with Gasteiger partial charge in [0.2, 0.25) is 0 Å². The van der Waals surface area contributed by atoms with Gasteiger partial charge in [0, 0.05) is 30.8 Å². The van der Waals surface area contributed by atoms with Crippen LogP contribution in [0.15, 0.2) is 54.6 Å². The van der Waals surface area contributed by atoms with Gasteiger partial charge in [0.15, 0.2) is 0 Å². The molecule has 0 radical (unpaired) electrons. The molecular formula is C20H30Cl2N4O. The largest absolute Gasteiger partial charge is 1.00 e. The molecule has 0 saturated heterocycles. The van der Waals surface area contributed by atoms with Crippen LogP contribution < -0.4 is 45.7 Å². The summed E-state index contributed by atoms with van der Waals surface area (Å²) < 4.78 is 0. The number of urea groups is 1. The quantitative estimate of drug-likeness (QED) is 0.244. The number of para-hydroxylation sites is 1. The number of anilines is 1. The zero-order valence-corrected chi connectivity index (χ0v) is 17.5. The summed E-state index contributed by atoms with van der Waals surface area (Å²) in [5.41, 5.74) is 3.08. The Labute approximate surface area is 174 Å². The van der Waals surface area contributed by atoms with Crippen LogP contribution in [0, 0.1) is 0 Å². The number of hydrogen-bond donors (Lipinski definition) is 4. The molecule has 2 rings (SSSR count). The second-order valence-corrected chi connectivity index (χ2v) is 6.12. The van der Waals surface area contributed by atoms with E-state index in [-0.39, 0.29) is 30.8 Å². The molecule has 0 spiro atoms. The number of hydrogen-bond acceptors (Lipinski definition) is 1. The van der Waals surface area contributed by atoms with Crippen LogP contribution >= 0.6 is 0 Å². The van der Waals surface area contributed by atoms with Gasteiger partial charge in [0.05, 0.1) is 19.6 Å². The smallest absolute Gasteiger partial charge is 0.319 e. The predicted octanol–water partition coefficient (Wildman–Crippen LogP) is -4.34. The highest BCUT2D eigenvalue weighted by atomic mass is 35.5. The molecule has 2 aromatic carbocycles. The third-order valence-electron chi connectivity index (χ3n) is 4.29. The van der Waals surface area contributed by atoms with E-state index in [4.69, 9.17) is 0 Å². The van der Waals surface area contributed by atoms with Crippen LogP contribution in [0.3, 0.4) is 0 Å². The first kappa shape index (κ1) is 25.2. The van der Waals surface area contributed by atoms with Gasteiger partial charge < -0.3 is 40.3 Å². The molecule has 7 heteroatoms. The van der Waals surface area contributed by atoms with E-state index >= 15 is 0 Å². The molecule has 2 amide bonds. The molecule has 2 aromatic rings. The molecule has 0 heterocycles. The summed E-state index contributed by atoms with van der Waals surface area (Å²) in [6.45, 7) is 8.45. The van der Waals surface area contributed by atoms with Crippen LogP contribution in [0.5, 0.6) is 0 Å². The van der Waals surface area contributed by atoms with Crippen molar-refractivity contribution in [3.8, 4) is 0 Å². The van der Waals surface area contributed by atoms with Crippen LogP contribution in [-0.4, -0.2) is 32.2 Å². The van der Waals surface area contributed by atoms with Gasteiger partial charge in [-0.3, -0.25) is 5.32 Å². The Bertz CT molecular complexity index is 634. The van der Waals surface area contributed by atoms with Crippen molar-refractivity contribution in [1.29, 1.82) is 0 Å². The summed E-state index contributed by atoms with van der Waals surface area (Å²) in [5, 5.41) is 7.91. The van der Waals surface area contributed by atoms with E-state index in [9.17, 15) is 4.79 Å². The fourth-order valence-electron chi connectivity index (χ4n) is 2.72. The molecular weight excluding hydrogens is 383 g/mol. The SMILES string of the molecule is CC[NH+](CC)CCCNC(=O)Nc1ccc([NH2+]c2ccccc2)cc1.[Cl-].[Cl-]. The highest BCUT2D eigenvalue weighted by molar-refractivity contribution is 5.89. The number of carbonyl (C=O) groups excluding carboxylic acids is 1. The molecule has 0 unspecified atom stereocenters. The van der Waals surface area contributed by atoms with E-state index in [0.29, 0.717) is 6.54 Å². The average Bonchev–Trinajstić information content (AvgIpc) is 2.64. The highest BCUT2D eigenvalue weighted by Crippen LogP contribution is 2.11. The molecule has 0 atom stereocenters. The zero-order valence-electron chi connectivity index (χ0n) is 16.0. The molecule has 0 aliphatic rings. The van der Waals surface area contributed by atoms with Gasteiger partial charge in [-0.25, -0.2) is 4.79 Å². The third-order valence-corrected chi connectivity index (χ3v) is 4.29. The number of quaternary nitrogens is 2. The highest BCUT2D eigenvalue weighted by Gasteiger charge is 2.05. The van der Waals surface area contributed by atoms with Gasteiger partial charge in [-0.2, -0.15) is 0 Å². The number of amides is 2. The van der Waals surface area contributed by atoms with Crippen molar-refractivity contribution >= 4 is 23.1 Å². The van der Waals surface area contributed by atoms with Gasteiger partial charge in [-0.1, -0.05) is 18.2 Å². The van der Waals surface area contributed by atoms with Crippen molar-refractivity contribution in [2.24, 2.45) is 0 Å². The Morgan fingerprint density at radius 2 is 1.52 bits per heavy atom. The van der Waals surface area contributed by atoms with Crippen LogP contribution in [-0.2, 0) is 0 Å². The molecule has 150 valence electrons. The summed E-state index contributed by atoms with van der Waals surface area (Å²) in [7, 11) is 0. The molecule has 0 bridgehead atoms. The zero-order chi connectivity index (χ0) is 17.9. The Hall–Kier alpha value is -1.79. The third kappa shape index (κ3) is 9.63. The predicted molar refractivity (Wildman–Crippen MR) is 103 cm³/mol. The first-order valence-electron chi connectivity index (χ1n) is 9.09. The fraction of sp³-hybridized carbons (Fsp3) is 0.350. The Kier molecular flexibility index (Phi) is 13.3. The van der Waals surface area contributed by atoms with Crippen LogP contribution in [0.2, 0.25) is 0 Å². The van der Waals surface area contributed by atoms with E-state index in [1.54, 1.807) is 4.90 Å². The van der Waals surface area contributed by atoms with E-state index in [1.165, 1.54) is 0 Å². The summed E-state index contributed by atoms with van der Waals surface area (Å²) in [4.78, 5) is 13.5. The van der Waals surface area contributed by atoms with Crippen LogP contribution in [0.25, 0.3) is 0 Å². The van der Waals surface area contributed by atoms with Crippen molar-refractivity contribution in [3.05, 3.63) is 54.6 Å². The fourth-order valence-corrected chi connectivity index (χ4v) is 2.72. The molecule has 0 saturated carbocycles. The van der Waals surface area contributed by atoms with Gasteiger partial charge in [0.25, 0.3) is 0 Å². The summed E-state index contributed by atoms with van der Waals surface area (Å²) in [6.07, 6.45) is 0.995. The summed E-state index contributed by atoms with van der Waals surface area (Å²) >= 11 is 0. The number of carbonyl (C=O) groups is 1. The van der Waals surface area contributed by atoms with Crippen molar-refractivity contribution in [1.82, 2.24) is 5.32 Å². The standard InChI is InChI=1S/C20H28N4O.2ClH/c1-3-24(4-2)16-8-15-21-20(25)23-19-13-11-18(12-14-19)22-17-9-6-5-7-10-17;;/h5-7,9-14,22H,3-4,8,15-16H2,1-2H3,(H2,21,23,25);2*1H. The van der Waals surface area contributed by atoms with Crippen LogP contribution in [0.4, 0.5) is 21.9 Å². The minimum Gasteiger partial charge on any atom is -1.00 e. The molecule has 0 fully saturated rings. The maximum atomic E-state index is 11.9. The second-order valence-electron chi connectivity index (χ2n) is 6.12. The first-order valence-corrected chi connectivity index (χ1v) is 9.09. The van der Waals surface area contributed by atoms with Crippen molar-refractivity contribution < 1.29 is 39.8 Å². The molecule has 0 aliphatic carbocycles. The molecule has 5 nitrogen and oxygen atoms in total. The van der Waals surface area contributed by atoms with Crippen LogP contribution in [0.1, 0.15) is 20.3 Å². The lowest BCUT2D eigenvalue weighted by atomic mass is 10.2. The number of rotatable bonds is 9. The topological polar surface area (TPSA) is 62.2 Å². The van der Waals surface area contributed by atoms with Crippen molar-refractivity contribution in [2.75, 3.05) is 31.5 Å². The number of halogens is 2. The van der Waals surface area contributed by atoms with Gasteiger partial charge in [0.1, 0.15) is 11.4 Å². The maximum absolute atomic E-state index is 11.9. The Morgan fingerprint density at radius 1 is 0.926 bits per heavy atom. The van der Waals surface area contributed by atoms with E-state index in [0.717, 1.165) is 43.1 Å². The average molecular weight is 413 g/mol. The minimum atomic E-state index is -0.144. The van der Waals surface area contributed by atoms with Gasteiger partial charge in [-0.15, -0.1) is 0 Å². The Morgan fingerprint density at radius 3 is 2.11 bits per heavy atom. The first-order chi connectivity index (χ1) is 12.2. The minimum absolute atomic E-state index is 0. The lowest BCUT2D eigenvalue weighted by Gasteiger charge is -2.15. The van der Waals surface area contributed by atoms with Crippen molar-refractivity contribution in [2.45, 2.75) is 20.3 Å². The number of nitrogens with one attached hydrogen (secondary N) is 3. The van der Waals surface area contributed by atoms with E-state index in [1.807, 2.05) is 42.5 Å². The summed E-state index contributed by atoms with van der Waals surface area (Å²) in [5.74, 6) is 0. The molecule has 5 N–H and O–H groups in total. The molecule has 0 aliphatic heterocycles. The lowest BCUT2D eigenvalue weighted by Crippen LogP contribution is -3.11. The summed E-state index contributed by atoms with van der Waals surface area (Å²) in [6, 6.07) is 17.9. The van der Waals surface area contributed by atoms with Crippen molar-refractivity contribution in [3.63, 3.8) is 0 Å².